The molecule has 3 aromatic rings. The molecular formula is C18H14Cl3N3O2. The van der Waals surface area contributed by atoms with Crippen LogP contribution in [-0.4, -0.2) is 29.3 Å². The summed E-state index contributed by atoms with van der Waals surface area (Å²) in [6.45, 7) is 0.0870. The Bertz CT molecular complexity index is 939. The summed E-state index contributed by atoms with van der Waals surface area (Å²) in [5.74, 6) is 0.155. The minimum Gasteiger partial charge on any atom is -0.364 e. The molecule has 0 aliphatic carbocycles. The van der Waals surface area contributed by atoms with Gasteiger partial charge in [-0.1, -0.05) is 34.8 Å². The molecule has 0 radical (unpaired) electrons. The van der Waals surface area contributed by atoms with Gasteiger partial charge in [0, 0.05) is 34.6 Å². The molecule has 0 unspecified atom stereocenters. The smallest absolute Gasteiger partial charge is 0.273 e. The van der Waals surface area contributed by atoms with Crippen LogP contribution < -0.4 is 5.32 Å². The summed E-state index contributed by atoms with van der Waals surface area (Å²) in [5.41, 5.74) is 1.67. The normalized spacial score (nSPS) is 10.8. The van der Waals surface area contributed by atoms with Crippen molar-refractivity contribution in [2.75, 3.05) is 13.8 Å². The zero-order valence-electron chi connectivity index (χ0n) is 13.7. The topological polar surface area (TPSA) is 56.1 Å². The van der Waals surface area contributed by atoms with Gasteiger partial charge in [0.25, 0.3) is 5.91 Å². The summed E-state index contributed by atoms with van der Waals surface area (Å²) in [5, 5.41) is 4.17. The molecule has 1 heterocycles. The van der Waals surface area contributed by atoms with Crippen LogP contribution in [0, 0.1) is 0 Å². The Balaban J connectivity index is 2.12. The molecule has 0 spiro atoms. The van der Waals surface area contributed by atoms with E-state index >= 15 is 0 Å². The Kier molecular flexibility index (Phi) is 5.84. The molecule has 0 aliphatic rings. The van der Waals surface area contributed by atoms with Gasteiger partial charge in [0.15, 0.2) is 0 Å². The maximum absolute atomic E-state index is 12.3. The van der Waals surface area contributed by atoms with Crippen molar-refractivity contribution in [3.63, 3.8) is 0 Å². The Morgan fingerprint density at radius 2 is 1.81 bits per heavy atom. The summed E-state index contributed by atoms with van der Waals surface area (Å²) in [7, 11) is 1.49. The molecule has 0 fully saturated rings. The Hall–Kier alpha value is -2.05. The monoisotopic (exact) mass is 409 g/mol. The molecule has 0 aliphatic heterocycles. The Morgan fingerprint density at radius 1 is 1.12 bits per heavy atom. The fourth-order valence-electron chi connectivity index (χ4n) is 2.38. The lowest BCUT2D eigenvalue weighted by Crippen LogP contribution is -2.25. The van der Waals surface area contributed by atoms with Gasteiger partial charge in [-0.2, -0.15) is 0 Å². The van der Waals surface area contributed by atoms with Gasteiger partial charge in [-0.15, -0.1) is 0 Å². The second kappa shape index (κ2) is 8.10. The number of amides is 1. The van der Waals surface area contributed by atoms with E-state index in [0.717, 1.165) is 5.69 Å². The van der Waals surface area contributed by atoms with Crippen molar-refractivity contribution >= 4 is 40.7 Å². The SMILES string of the molecule is COCNC(=O)c1cn(-c2ccc(Cl)cc2)c(-c2ccc(Cl)cc2Cl)n1. The van der Waals surface area contributed by atoms with Crippen LogP contribution in [0.3, 0.4) is 0 Å². The summed E-state index contributed by atoms with van der Waals surface area (Å²) in [6.07, 6.45) is 1.63. The number of hydrogen-bond acceptors (Lipinski definition) is 3. The number of imidazole rings is 1. The average Bonchev–Trinajstić information content (AvgIpc) is 3.05. The van der Waals surface area contributed by atoms with Crippen LogP contribution in [0.1, 0.15) is 10.5 Å². The minimum atomic E-state index is -0.356. The highest BCUT2D eigenvalue weighted by Crippen LogP contribution is 2.31. The first-order valence-corrected chi connectivity index (χ1v) is 8.71. The van der Waals surface area contributed by atoms with Crippen LogP contribution in [0.4, 0.5) is 0 Å². The van der Waals surface area contributed by atoms with Crippen LogP contribution >= 0.6 is 34.8 Å². The third-order valence-corrected chi connectivity index (χ3v) is 4.39. The van der Waals surface area contributed by atoms with Gasteiger partial charge < -0.3 is 10.1 Å². The Morgan fingerprint density at radius 3 is 2.46 bits per heavy atom. The van der Waals surface area contributed by atoms with Crippen LogP contribution in [0.25, 0.3) is 17.1 Å². The summed E-state index contributed by atoms with van der Waals surface area (Å²) in [6, 6.07) is 12.3. The predicted octanol–water partition coefficient (Wildman–Crippen LogP) is 4.83. The number of benzene rings is 2. The molecule has 0 saturated heterocycles. The van der Waals surface area contributed by atoms with Crippen LogP contribution in [0.5, 0.6) is 0 Å². The third kappa shape index (κ3) is 4.02. The molecule has 0 atom stereocenters. The number of carbonyl (C=O) groups excluding carboxylic acids is 1. The van der Waals surface area contributed by atoms with Gasteiger partial charge in [-0.25, -0.2) is 4.98 Å². The maximum atomic E-state index is 12.3. The van der Waals surface area contributed by atoms with Gasteiger partial charge in [0.1, 0.15) is 18.2 Å². The second-order valence-electron chi connectivity index (χ2n) is 5.36. The molecule has 0 saturated carbocycles. The highest BCUT2D eigenvalue weighted by Gasteiger charge is 2.18. The predicted molar refractivity (Wildman–Crippen MR) is 103 cm³/mol. The van der Waals surface area contributed by atoms with Gasteiger partial charge in [-0.05, 0) is 42.5 Å². The highest BCUT2D eigenvalue weighted by atomic mass is 35.5. The quantitative estimate of drug-likeness (QED) is 0.613. The van der Waals surface area contributed by atoms with Gasteiger partial charge in [-0.3, -0.25) is 9.36 Å². The third-order valence-electron chi connectivity index (χ3n) is 3.59. The number of aromatic nitrogens is 2. The van der Waals surface area contributed by atoms with E-state index in [0.29, 0.717) is 26.5 Å². The van der Waals surface area contributed by atoms with E-state index in [4.69, 9.17) is 39.5 Å². The van der Waals surface area contributed by atoms with Crippen molar-refractivity contribution in [3.8, 4) is 17.1 Å². The van der Waals surface area contributed by atoms with E-state index in [9.17, 15) is 4.79 Å². The van der Waals surface area contributed by atoms with E-state index < -0.39 is 0 Å². The number of hydrogen-bond donors (Lipinski definition) is 1. The zero-order valence-corrected chi connectivity index (χ0v) is 15.9. The lowest BCUT2D eigenvalue weighted by Gasteiger charge is -2.09. The molecule has 2 aromatic carbocycles. The van der Waals surface area contributed by atoms with Crippen molar-refractivity contribution < 1.29 is 9.53 Å². The van der Waals surface area contributed by atoms with Gasteiger partial charge in [0.05, 0.1) is 5.02 Å². The molecule has 134 valence electrons. The molecule has 0 bridgehead atoms. The van der Waals surface area contributed by atoms with E-state index in [1.54, 1.807) is 41.1 Å². The highest BCUT2D eigenvalue weighted by molar-refractivity contribution is 6.36. The lowest BCUT2D eigenvalue weighted by atomic mass is 10.2. The summed E-state index contributed by atoms with van der Waals surface area (Å²) >= 11 is 18.3. The molecule has 3 rings (SSSR count). The van der Waals surface area contributed by atoms with Gasteiger partial charge in [0.2, 0.25) is 0 Å². The van der Waals surface area contributed by atoms with Crippen LogP contribution in [0.2, 0.25) is 15.1 Å². The molecule has 1 N–H and O–H groups in total. The molecular weight excluding hydrogens is 397 g/mol. The minimum absolute atomic E-state index is 0.0870. The standard InChI is InChI=1S/C18H14Cl3N3O2/c1-26-10-22-18(25)16-9-24(13-5-2-11(19)3-6-13)17(23-16)14-7-4-12(20)8-15(14)21/h2-9H,10H2,1H3,(H,22,25). The lowest BCUT2D eigenvalue weighted by molar-refractivity contribution is 0.0867. The van der Waals surface area contributed by atoms with Crippen molar-refractivity contribution in [1.82, 2.24) is 14.9 Å². The fraction of sp³-hybridized carbons (Fsp3) is 0.111. The number of nitrogens with one attached hydrogen (secondary N) is 1. The number of rotatable bonds is 5. The molecule has 8 heteroatoms. The number of methoxy groups -OCH3 is 1. The average molecular weight is 411 g/mol. The van der Waals surface area contributed by atoms with E-state index in [-0.39, 0.29) is 18.3 Å². The molecule has 1 aromatic heterocycles. The van der Waals surface area contributed by atoms with Crippen LogP contribution in [-0.2, 0) is 4.74 Å². The van der Waals surface area contributed by atoms with E-state index in [1.165, 1.54) is 7.11 Å². The number of ether oxygens (including phenoxy) is 1. The first kappa shape index (κ1) is 18.7. The van der Waals surface area contributed by atoms with Gasteiger partial charge >= 0.3 is 0 Å². The first-order valence-electron chi connectivity index (χ1n) is 7.57. The maximum Gasteiger partial charge on any atom is 0.273 e. The van der Waals surface area contributed by atoms with E-state index in [1.807, 2.05) is 12.1 Å². The van der Waals surface area contributed by atoms with Crippen molar-refractivity contribution in [3.05, 3.63) is 69.4 Å². The summed E-state index contributed by atoms with van der Waals surface area (Å²) in [4.78, 5) is 16.7. The molecule has 5 nitrogen and oxygen atoms in total. The first-order chi connectivity index (χ1) is 12.5. The van der Waals surface area contributed by atoms with E-state index in [2.05, 4.69) is 10.3 Å². The Labute approximate surface area is 165 Å². The number of halogens is 3. The second-order valence-corrected chi connectivity index (χ2v) is 6.64. The molecule has 26 heavy (non-hydrogen) atoms. The fourth-order valence-corrected chi connectivity index (χ4v) is 3.00. The van der Waals surface area contributed by atoms with Crippen molar-refractivity contribution in [2.45, 2.75) is 0 Å². The zero-order chi connectivity index (χ0) is 18.7. The molecule has 1 amide bonds. The number of nitrogens with zero attached hydrogens (tertiary/aromatic N) is 2. The van der Waals surface area contributed by atoms with Crippen molar-refractivity contribution in [2.24, 2.45) is 0 Å². The van der Waals surface area contributed by atoms with Crippen molar-refractivity contribution in [1.29, 1.82) is 0 Å². The number of carbonyl (C=O) groups is 1. The largest absolute Gasteiger partial charge is 0.364 e. The summed E-state index contributed by atoms with van der Waals surface area (Å²) < 4.78 is 6.64. The van der Waals surface area contributed by atoms with Crippen LogP contribution in [0.15, 0.2) is 48.7 Å².